The molecule has 1 saturated heterocycles. The molecule has 0 aromatic carbocycles. The molecule has 0 amide bonds. The fraction of sp³-hybridized carbons (Fsp3) is 1.00. The van der Waals surface area contributed by atoms with Crippen molar-refractivity contribution in [3.8, 4) is 0 Å². The second-order valence-electron chi connectivity index (χ2n) is 3.96. The van der Waals surface area contributed by atoms with Crippen molar-refractivity contribution >= 4 is 43.6 Å². The molecule has 3 aliphatic heterocycles. The molecule has 0 aliphatic carbocycles. The Bertz CT molecular complexity index is 527. The van der Waals surface area contributed by atoms with Crippen molar-refractivity contribution in [2.75, 3.05) is 33.4 Å². The number of hydrogen-bond donors (Lipinski definition) is 0. The molecule has 1 fully saturated rings. The Morgan fingerprint density at radius 3 is 2.22 bits per heavy atom. The fourth-order valence-corrected chi connectivity index (χ4v) is 14.4. The summed E-state index contributed by atoms with van der Waals surface area (Å²) in [5.74, 6) is 0. The molecule has 1 spiro atoms. The molecular weight excluding hydrogens is 340 g/mol. The lowest BCUT2D eigenvalue weighted by atomic mass is 10.5. The molecule has 3 atom stereocenters. The van der Waals surface area contributed by atoms with Gasteiger partial charge in [0.2, 0.25) is 0 Å². The van der Waals surface area contributed by atoms with Gasteiger partial charge in [0.1, 0.15) is 0 Å². The van der Waals surface area contributed by atoms with Gasteiger partial charge in [0.15, 0.2) is 0 Å². The normalized spacial score (nSPS) is 48.8. The molecule has 3 aliphatic rings. The number of hydrogen-bond acceptors (Lipinski definition) is 7. The van der Waals surface area contributed by atoms with Gasteiger partial charge in [-0.05, 0) is 36.0 Å². The number of rotatable bonds is 0. The Labute approximate surface area is 115 Å². The molecule has 104 valence electrons. The lowest BCUT2D eigenvalue weighted by molar-refractivity contribution is 0.270. The highest BCUT2D eigenvalue weighted by Crippen LogP contribution is 2.84. The number of likely N-dealkylation sites (N-methyl/N-ethyl adjacent to an activating group) is 1. The van der Waals surface area contributed by atoms with Gasteiger partial charge in [0.05, 0.1) is 19.8 Å². The summed E-state index contributed by atoms with van der Waals surface area (Å²) >= 11 is 12.8. The molecule has 18 heavy (non-hydrogen) atoms. The van der Waals surface area contributed by atoms with Crippen LogP contribution in [-0.4, -0.2) is 38.1 Å². The van der Waals surface area contributed by atoms with E-state index in [1.807, 2.05) is 11.7 Å². The van der Waals surface area contributed by atoms with Crippen LogP contribution in [0.5, 0.6) is 0 Å². The molecule has 0 radical (unpaired) electrons. The summed E-state index contributed by atoms with van der Waals surface area (Å²) in [4.78, 5) is 0. The zero-order chi connectivity index (χ0) is 12.9. The predicted octanol–water partition coefficient (Wildman–Crippen LogP) is 4.72. The van der Waals surface area contributed by atoms with Gasteiger partial charge >= 0.3 is 13.6 Å². The summed E-state index contributed by atoms with van der Waals surface area (Å²) in [6.07, 6.45) is 0.714. The van der Waals surface area contributed by atoms with E-state index in [2.05, 4.69) is 13.5 Å². The third-order valence-corrected chi connectivity index (χ3v) is 13.7. The van der Waals surface area contributed by atoms with Gasteiger partial charge in [-0.15, -0.1) is 0 Å². The van der Waals surface area contributed by atoms with E-state index < -0.39 is 21.2 Å². The summed E-state index contributed by atoms with van der Waals surface area (Å²) in [7, 11) is -0.617. The first-order valence-electron chi connectivity index (χ1n) is 5.42. The second kappa shape index (κ2) is 4.84. The van der Waals surface area contributed by atoms with Gasteiger partial charge in [0.25, 0.3) is 7.58 Å². The van der Waals surface area contributed by atoms with Crippen LogP contribution in [-0.2, 0) is 13.6 Å². The van der Waals surface area contributed by atoms with Crippen molar-refractivity contribution in [3.05, 3.63) is 0 Å². The van der Waals surface area contributed by atoms with Crippen molar-refractivity contribution in [2.45, 2.75) is 6.42 Å². The first kappa shape index (κ1) is 14.1. The summed E-state index contributed by atoms with van der Waals surface area (Å²) in [5, 5.41) is 0. The van der Waals surface area contributed by atoms with Crippen LogP contribution in [0.25, 0.3) is 0 Å². The Kier molecular flexibility index (Phi) is 3.78. The minimum absolute atomic E-state index is 0.463. The van der Waals surface area contributed by atoms with Crippen LogP contribution in [0.1, 0.15) is 6.42 Å². The topological polar surface area (TPSA) is 68.0 Å². The highest BCUT2D eigenvalue weighted by atomic mass is 35.7. The van der Waals surface area contributed by atoms with E-state index in [9.17, 15) is 0 Å². The summed E-state index contributed by atoms with van der Waals surface area (Å²) in [5.41, 5.74) is 0. The van der Waals surface area contributed by atoms with Gasteiger partial charge in [-0.1, -0.05) is 0 Å². The van der Waals surface area contributed by atoms with Gasteiger partial charge < -0.3 is 13.6 Å². The minimum atomic E-state index is -2.80. The largest absolute Gasteiger partial charge is 0.316 e. The quantitative estimate of drug-likeness (QED) is 0.591. The van der Waals surface area contributed by atoms with Crippen LogP contribution in [0, 0.1) is 0 Å². The van der Waals surface area contributed by atoms with E-state index in [0.29, 0.717) is 26.2 Å². The maximum absolute atomic E-state index is 6.39. The Morgan fingerprint density at radius 2 is 1.61 bits per heavy atom. The molecular formula is C6H13Cl2N4O3P3. The standard InChI is InChI=1S/C6H13Cl2N4O3P3/c1-12-3-6-15-18(12)10-16(7)9-17(8,11-18)14-5-2-4-13-16/h2-6H2,1H3/t16-,17+,18-. The Morgan fingerprint density at radius 1 is 0.944 bits per heavy atom. The van der Waals surface area contributed by atoms with E-state index in [4.69, 9.17) is 36.1 Å². The van der Waals surface area contributed by atoms with E-state index in [0.717, 1.165) is 6.54 Å². The maximum Gasteiger partial charge on any atom is 0.301 e. The summed E-state index contributed by atoms with van der Waals surface area (Å²) in [6.45, 7) is -3.37. The summed E-state index contributed by atoms with van der Waals surface area (Å²) in [6, 6.07) is 0. The molecule has 0 aromatic heterocycles. The summed E-state index contributed by atoms with van der Waals surface area (Å²) < 4.78 is 32.1. The average Bonchev–Trinajstić information content (AvgIpc) is 2.56. The van der Waals surface area contributed by atoms with Gasteiger partial charge in [-0.2, -0.15) is 13.5 Å². The first-order valence-corrected chi connectivity index (χ1v) is 12.0. The van der Waals surface area contributed by atoms with Crippen LogP contribution in [0.2, 0.25) is 0 Å². The van der Waals surface area contributed by atoms with E-state index >= 15 is 0 Å². The minimum Gasteiger partial charge on any atom is -0.316 e. The van der Waals surface area contributed by atoms with Gasteiger partial charge in [-0.25, -0.2) is 4.67 Å². The third-order valence-electron chi connectivity index (χ3n) is 2.60. The van der Waals surface area contributed by atoms with Crippen LogP contribution in [0.3, 0.4) is 0 Å². The van der Waals surface area contributed by atoms with Crippen molar-refractivity contribution in [3.63, 3.8) is 0 Å². The predicted molar refractivity (Wildman–Crippen MR) is 74.9 cm³/mol. The van der Waals surface area contributed by atoms with Crippen LogP contribution in [0.4, 0.5) is 0 Å². The van der Waals surface area contributed by atoms with Crippen molar-refractivity contribution in [1.82, 2.24) is 4.67 Å². The molecule has 7 nitrogen and oxygen atoms in total. The third kappa shape index (κ3) is 2.50. The lowest BCUT2D eigenvalue weighted by Crippen LogP contribution is -2.09. The molecule has 3 heterocycles. The van der Waals surface area contributed by atoms with Crippen LogP contribution >= 0.6 is 43.6 Å². The smallest absolute Gasteiger partial charge is 0.301 e. The highest BCUT2D eigenvalue weighted by Gasteiger charge is 2.43. The maximum atomic E-state index is 6.39. The zero-order valence-corrected chi connectivity index (χ0v) is 13.8. The number of halogens is 2. The Hall–Kier alpha value is 1.11. The van der Waals surface area contributed by atoms with Crippen LogP contribution < -0.4 is 0 Å². The van der Waals surface area contributed by atoms with Crippen molar-refractivity contribution < 1.29 is 13.6 Å². The highest BCUT2D eigenvalue weighted by molar-refractivity contribution is 8.00. The monoisotopic (exact) mass is 352 g/mol. The lowest BCUT2D eigenvalue weighted by Gasteiger charge is -2.31. The molecule has 0 aromatic rings. The van der Waals surface area contributed by atoms with Gasteiger partial charge in [0, 0.05) is 6.54 Å². The van der Waals surface area contributed by atoms with E-state index in [1.165, 1.54) is 0 Å². The Balaban J connectivity index is 2.20. The number of fused-ring (bicyclic) bond motifs is 1. The molecule has 0 saturated carbocycles. The molecule has 0 N–H and O–H groups in total. The van der Waals surface area contributed by atoms with Crippen molar-refractivity contribution in [2.24, 2.45) is 13.5 Å². The van der Waals surface area contributed by atoms with E-state index in [1.54, 1.807) is 0 Å². The van der Waals surface area contributed by atoms with E-state index in [-0.39, 0.29) is 0 Å². The van der Waals surface area contributed by atoms with Gasteiger partial charge in [-0.3, -0.25) is 0 Å². The molecule has 0 unspecified atom stereocenters. The average molecular weight is 353 g/mol. The second-order valence-corrected chi connectivity index (χ2v) is 13.1. The fourth-order valence-electron chi connectivity index (χ4n) is 1.71. The molecule has 3 rings (SSSR count). The molecule has 12 heteroatoms. The van der Waals surface area contributed by atoms with Crippen molar-refractivity contribution in [1.29, 1.82) is 0 Å². The zero-order valence-electron chi connectivity index (χ0n) is 9.65. The molecule has 2 bridgehead atoms. The number of nitrogens with zero attached hydrogens (tertiary/aromatic N) is 4. The SMILES string of the molecule is CN1CCO[P@]12=N[P@]1(Cl)=N[P@](Cl)(=N2)OCCCO1. The van der Waals surface area contributed by atoms with Crippen LogP contribution in [0.15, 0.2) is 13.5 Å². The first-order chi connectivity index (χ1) is 8.46.